The van der Waals surface area contributed by atoms with Crippen LogP contribution in [-0.2, 0) is 16.6 Å². The molecule has 0 aliphatic rings. The predicted octanol–water partition coefficient (Wildman–Crippen LogP) is 5.33. The topological polar surface area (TPSA) is 66.4 Å². The minimum atomic E-state index is -3.70. The van der Waals surface area contributed by atoms with Gasteiger partial charge >= 0.3 is 0 Å². The average Bonchev–Trinajstić information content (AvgIpc) is 2.70. The van der Waals surface area contributed by atoms with Crippen LogP contribution in [-0.4, -0.2) is 13.5 Å². The van der Waals surface area contributed by atoms with Gasteiger partial charge in [-0.05, 0) is 53.1 Å². The fourth-order valence-electron chi connectivity index (χ4n) is 2.42. The fraction of sp³-hybridized carbons (Fsp3) is 0.143. The molecule has 0 aliphatic heterocycles. The van der Waals surface area contributed by atoms with Crippen LogP contribution in [0.3, 0.4) is 0 Å². The van der Waals surface area contributed by atoms with Crippen molar-refractivity contribution in [3.8, 4) is 11.1 Å². The molecule has 27 heavy (non-hydrogen) atoms. The van der Waals surface area contributed by atoms with E-state index in [1.54, 1.807) is 60.7 Å². The third-order valence-electron chi connectivity index (χ3n) is 3.70. The Kier molecular flexibility index (Phi) is 7.42. The first kappa shape index (κ1) is 21.0. The van der Waals surface area contributed by atoms with E-state index in [2.05, 4.69) is 4.72 Å². The van der Waals surface area contributed by atoms with Gasteiger partial charge in [0.1, 0.15) is 0 Å². The zero-order valence-corrected chi connectivity index (χ0v) is 16.8. The van der Waals surface area contributed by atoms with Crippen molar-refractivity contribution in [1.29, 1.82) is 0 Å². The Balaban J connectivity index is 0.00000126. The molecule has 0 spiro atoms. The lowest BCUT2D eigenvalue weighted by Gasteiger charge is -2.10. The molecule has 0 radical (unpaired) electrons. The van der Waals surface area contributed by atoms with Gasteiger partial charge in [0.2, 0.25) is 0 Å². The summed E-state index contributed by atoms with van der Waals surface area (Å²) < 4.78 is 27.5. The lowest BCUT2D eigenvalue weighted by atomic mass is 10.1. The monoisotopic (exact) mass is 403 g/mol. The normalized spacial score (nSPS) is 10.7. The van der Waals surface area contributed by atoms with Crippen LogP contribution in [0.15, 0.2) is 77.7 Å². The number of aliphatic hydroxyl groups is 1. The van der Waals surface area contributed by atoms with Gasteiger partial charge in [-0.2, -0.15) is 0 Å². The van der Waals surface area contributed by atoms with E-state index in [-0.39, 0.29) is 11.5 Å². The highest BCUT2D eigenvalue weighted by atomic mass is 35.5. The number of sulfonamides is 1. The van der Waals surface area contributed by atoms with Gasteiger partial charge in [0.25, 0.3) is 10.0 Å². The summed E-state index contributed by atoms with van der Waals surface area (Å²) in [6.45, 7) is 3.85. The predicted molar refractivity (Wildman–Crippen MR) is 111 cm³/mol. The van der Waals surface area contributed by atoms with Gasteiger partial charge < -0.3 is 5.11 Å². The van der Waals surface area contributed by atoms with Crippen molar-refractivity contribution in [2.24, 2.45) is 0 Å². The Morgan fingerprint density at radius 3 is 2.00 bits per heavy atom. The number of hydrogen-bond acceptors (Lipinski definition) is 3. The minimum absolute atomic E-state index is 0.147. The molecule has 0 heterocycles. The van der Waals surface area contributed by atoms with Crippen LogP contribution in [0.25, 0.3) is 11.1 Å². The smallest absolute Gasteiger partial charge is 0.261 e. The second-order valence-corrected chi connectivity index (χ2v) is 7.61. The lowest BCUT2D eigenvalue weighted by Crippen LogP contribution is -2.13. The van der Waals surface area contributed by atoms with Crippen molar-refractivity contribution < 1.29 is 13.5 Å². The van der Waals surface area contributed by atoms with Gasteiger partial charge in [0.05, 0.1) is 11.5 Å². The van der Waals surface area contributed by atoms with Crippen molar-refractivity contribution in [3.05, 3.63) is 83.4 Å². The van der Waals surface area contributed by atoms with E-state index in [9.17, 15) is 8.42 Å². The Bertz CT molecular complexity index is 969. The molecule has 0 unspecified atom stereocenters. The number of halogens is 1. The summed E-state index contributed by atoms with van der Waals surface area (Å²) in [5.41, 5.74) is 2.90. The van der Waals surface area contributed by atoms with Crippen LogP contribution in [0.5, 0.6) is 0 Å². The summed E-state index contributed by atoms with van der Waals surface area (Å²) in [5, 5.41) is 9.80. The van der Waals surface area contributed by atoms with Crippen LogP contribution in [0.4, 0.5) is 5.69 Å². The molecule has 3 rings (SSSR count). The number of aliphatic hydroxyl groups excluding tert-OH is 1. The molecular weight excluding hydrogens is 382 g/mol. The van der Waals surface area contributed by atoms with Gasteiger partial charge in [-0.25, -0.2) is 8.42 Å². The van der Waals surface area contributed by atoms with E-state index in [1.807, 2.05) is 26.0 Å². The van der Waals surface area contributed by atoms with Crippen LogP contribution >= 0.6 is 11.6 Å². The van der Waals surface area contributed by atoms with Gasteiger partial charge in [-0.3, -0.25) is 4.72 Å². The molecule has 4 nitrogen and oxygen atoms in total. The van der Waals surface area contributed by atoms with E-state index >= 15 is 0 Å². The molecular formula is C21H22ClNO3S. The van der Waals surface area contributed by atoms with Gasteiger partial charge in [-0.15, -0.1) is 0 Å². The summed E-state index contributed by atoms with van der Waals surface area (Å²) in [7, 11) is -3.70. The first-order chi connectivity index (χ1) is 13.0. The number of benzene rings is 3. The van der Waals surface area contributed by atoms with Crippen LogP contribution in [0.1, 0.15) is 19.4 Å². The second kappa shape index (κ2) is 9.55. The van der Waals surface area contributed by atoms with Crippen molar-refractivity contribution in [2.75, 3.05) is 4.72 Å². The maximum Gasteiger partial charge on any atom is 0.261 e. The van der Waals surface area contributed by atoms with E-state index in [1.165, 1.54) is 0 Å². The maximum atomic E-state index is 12.5. The van der Waals surface area contributed by atoms with E-state index in [4.69, 9.17) is 16.7 Å². The molecule has 142 valence electrons. The van der Waals surface area contributed by atoms with E-state index in [0.29, 0.717) is 16.3 Å². The fourth-order valence-corrected chi connectivity index (χ4v) is 3.59. The Hall–Kier alpha value is -2.34. The third-order valence-corrected chi connectivity index (χ3v) is 5.35. The summed E-state index contributed by atoms with van der Waals surface area (Å²) >= 11 is 5.88. The average molecular weight is 404 g/mol. The summed E-state index contributed by atoms with van der Waals surface area (Å²) in [6, 6.07) is 20.6. The SMILES string of the molecule is CC.O=S(=O)(Nc1cccc(CO)c1)c1ccc(-c2ccc(Cl)cc2)cc1. The molecule has 0 amide bonds. The van der Waals surface area contributed by atoms with Crippen LogP contribution < -0.4 is 4.72 Å². The standard InChI is InChI=1S/C19H16ClNO3S.C2H6/c20-17-8-4-15(5-9-17)16-6-10-19(11-7-16)25(23,24)21-18-3-1-2-14(12-18)13-22;1-2/h1-12,21-22H,13H2;1-2H3. The quantitative estimate of drug-likeness (QED) is 0.605. The van der Waals surface area contributed by atoms with Crippen molar-refractivity contribution in [2.45, 2.75) is 25.3 Å². The molecule has 0 fully saturated rings. The van der Waals surface area contributed by atoms with Crippen LogP contribution in [0.2, 0.25) is 5.02 Å². The first-order valence-corrected chi connectivity index (χ1v) is 10.4. The van der Waals surface area contributed by atoms with Crippen molar-refractivity contribution in [1.82, 2.24) is 0 Å². The lowest BCUT2D eigenvalue weighted by molar-refractivity contribution is 0.282. The van der Waals surface area contributed by atoms with Gasteiger partial charge in [-0.1, -0.05) is 61.8 Å². The largest absolute Gasteiger partial charge is 0.392 e. The molecule has 0 aliphatic carbocycles. The summed E-state index contributed by atoms with van der Waals surface area (Å²) in [6.07, 6.45) is 0. The van der Waals surface area contributed by atoms with Gasteiger partial charge in [0.15, 0.2) is 0 Å². The number of nitrogens with one attached hydrogen (secondary N) is 1. The molecule has 2 N–H and O–H groups in total. The number of hydrogen-bond donors (Lipinski definition) is 2. The Morgan fingerprint density at radius 2 is 1.44 bits per heavy atom. The highest BCUT2D eigenvalue weighted by Crippen LogP contribution is 2.24. The molecule has 0 atom stereocenters. The molecule has 0 saturated heterocycles. The molecule has 0 bridgehead atoms. The second-order valence-electron chi connectivity index (χ2n) is 5.50. The van der Waals surface area contributed by atoms with E-state index in [0.717, 1.165) is 11.1 Å². The molecule has 0 saturated carbocycles. The first-order valence-electron chi connectivity index (χ1n) is 8.56. The molecule has 6 heteroatoms. The highest BCUT2D eigenvalue weighted by Gasteiger charge is 2.14. The molecule has 0 aromatic heterocycles. The Morgan fingerprint density at radius 1 is 0.889 bits per heavy atom. The summed E-state index contributed by atoms with van der Waals surface area (Å²) in [5.74, 6) is 0. The van der Waals surface area contributed by atoms with Crippen molar-refractivity contribution in [3.63, 3.8) is 0 Å². The Labute approximate surface area is 165 Å². The van der Waals surface area contributed by atoms with Gasteiger partial charge in [0, 0.05) is 10.7 Å². The number of anilines is 1. The van der Waals surface area contributed by atoms with E-state index < -0.39 is 10.0 Å². The highest BCUT2D eigenvalue weighted by molar-refractivity contribution is 7.92. The summed E-state index contributed by atoms with van der Waals surface area (Å²) in [4.78, 5) is 0.166. The zero-order chi connectivity index (χ0) is 19.9. The molecule has 3 aromatic rings. The minimum Gasteiger partial charge on any atom is -0.392 e. The third kappa shape index (κ3) is 5.57. The molecule has 3 aromatic carbocycles. The van der Waals surface area contributed by atoms with Crippen molar-refractivity contribution >= 4 is 27.3 Å². The maximum absolute atomic E-state index is 12.5. The van der Waals surface area contributed by atoms with Crippen LogP contribution in [0, 0.1) is 0 Å². The number of rotatable bonds is 5. The zero-order valence-electron chi connectivity index (χ0n) is 15.2.